The first-order valence-corrected chi connectivity index (χ1v) is 6.24. The maximum absolute atomic E-state index is 10.1. The van der Waals surface area contributed by atoms with Crippen molar-refractivity contribution >= 4 is 0 Å². The lowest BCUT2D eigenvalue weighted by atomic mass is 9.59. The lowest BCUT2D eigenvalue weighted by Gasteiger charge is -2.44. The molecule has 0 aromatic heterocycles. The number of rotatable bonds is 1. The number of para-hydroxylation sites is 1. The molecule has 2 N–H and O–H groups in total. The second-order valence-corrected chi connectivity index (χ2v) is 5.91. The third-order valence-corrected chi connectivity index (χ3v) is 3.85. The van der Waals surface area contributed by atoms with Crippen molar-refractivity contribution in [3.8, 4) is 5.75 Å². The Morgan fingerprint density at radius 3 is 2.33 bits per heavy atom. The largest absolute Gasteiger partial charge is 0.508 e. The summed E-state index contributed by atoms with van der Waals surface area (Å²) in [6.45, 7) is 6.38. The van der Waals surface area contributed by atoms with Gasteiger partial charge in [-0.05, 0) is 30.1 Å². The normalized spacial score (nSPS) is 23.8. The average Bonchev–Trinajstić information content (AvgIpc) is 2.28. The predicted molar refractivity (Wildman–Crippen MR) is 73.7 cm³/mol. The van der Waals surface area contributed by atoms with Gasteiger partial charge in [0.25, 0.3) is 0 Å². The standard InChI is InChI=1S/C16H20O2/c1-15(2,3)16(10-6-7-12(17)11-16)13-8-4-5-9-14(13)18/h4-9,11,17-18H,10H2,1-3H3. The minimum Gasteiger partial charge on any atom is -0.508 e. The molecule has 1 unspecified atom stereocenters. The van der Waals surface area contributed by atoms with Crippen LogP contribution in [0.4, 0.5) is 0 Å². The topological polar surface area (TPSA) is 40.5 Å². The van der Waals surface area contributed by atoms with E-state index < -0.39 is 0 Å². The predicted octanol–water partition coefficient (Wildman–Crippen LogP) is 4.08. The van der Waals surface area contributed by atoms with Gasteiger partial charge in [-0.3, -0.25) is 0 Å². The molecule has 1 aromatic carbocycles. The molecule has 1 atom stereocenters. The molecule has 0 saturated heterocycles. The number of benzene rings is 1. The molecule has 2 rings (SSSR count). The smallest absolute Gasteiger partial charge is 0.119 e. The van der Waals surface area contributed by atoms with Gasteiger partial charge < -0.3 is 10.2 Å². The van der Waals surface area contributed by atoms with Crippen molar-refractivity contribution in [2.75, 3.05) is 0 Å². The van der Waals surface area contributed by atoms with Crippen molar-refractivity contribution in [2.45, 2.75) is 32.6 Å². The first-order valence-electron chi connectivity index (χ1n) is 6.24. The second kappa shape index (κ2) is 4.20. The third-order valence-electron chi connectivity index (χ3n) is 3.85. The molecule has 18 heavy (non-hydrogen) atoms. The van der Waals surface area contributed by atoms with Gasteiger partial charge in [-0.2, -0.15) is 0 Å². The average molecular weight is 244 g/mol. The van der Waals surface area contributed by atoms with E-state index in [2.05, 4.69) is 20.8 Å². The van der Waals surface area contributed by atoms with Crippen LogP contribution in [-0.4, -0.2) is 10.2 Å². The molecule has 1 aliphatic rings. The van der Waals surface area contributed by atoms with Crippen LogP contribution in [0.1, 0.15) is 32.8 Å². The van der Waals surface area contributed by atoms with Crippen LogP contribution in [0.25, 0.3) is 0 Å². The van der Waals surface area contributed by atoms with Gasteiger partial charge in [0.2, 0.25) is 0 Å². The fourth-order valence-corrected chi connectivity index (χ4v) is 2.69. The van der Waals surface area contributed by atoms with Crippen LogP contribution in [0.3, 0.4) is 0 Å². The number of aliphatic hydroxyl groups is 1. The van der Waals surface area contributed by atoms with Crippen molar-refractivity contribution in [1.82, 2.24) is 0 Å². The van der Waals surface area contributed by atoms with Crippen molar-refractivity contribution < 1.29 is 10.2 Å². The van der Waals surface area contributed by atoms with Crippen molar-refractivity contribution in [2.24, 2.45) is 5.41 Å². The summed E-state index contributed by atoms with van der Waals surface area (Å²) in [6.07, 6.45) is 6.32. The van der Waals surface area contributed by atoms with Crippen molar-refractivity contribution in [3.63, 3.8) is 0 Å². The highest BCUT2D eigenvalue weighted by Crippen LogP contribution is 2.50. The molecule has 0 fully saturated rings. The van der Waals surface area contributed by atoms with Gasteiger partial charge in [-0.1, -0.05) is 45.0 Å². The fourth-order valence-electron chi connectivity index (χ4n) is 2.69. The highest BCUT2D eigenvalue weighted by Gasteiger charge is 2.43. The molecule has 2 nitrogen and oxygen atoms in total. The quantitative estimate of drug-likeness (QED) is 0.781. The maximum atomic E-state index is 10.1. The first kappa shape index (κ1) is 12.7. The first-order chi connectivity index (χ1) is 8.37. The SMILES string of the molecule is CC(C)(C)C1(c2ccccc2O)C=C(O)C=CC1. The summed E-state index contributed by atoms with van der Waals surface area (Å²) >= 11 is 0. The minimum atomic E-state index is -0.378. The summed E-state index contributed by atoms with van der Waals surface area (Å²) in [5.41, 5.74) is 0.385. The Hall–Kier alpha value is -1.70. The van der Waals surface area contributed by atoms with E-state index in [4.69, 9.17) is 0 Å². The van der Waals surface area contributed by atoms with Crippen LogP contribution in [0.2, 0.25) is 0 Å². The zero-order valence-corrected chi connectivity index (χ0v) is 11.1. The van der Waals surface area contributed by atoms with E-state index >= 15 is 0 Å². The molecule has 1 aromatic rings. The maximum Gasteiger partial charge on any atom is 0.119 e. The Labute approximate surface area is 108 Å². The van der Waals surface area contributed by atoms with Gasteiger partial charge in [0, 0.05) is 11.0 Å². The molecule has 0 amide bonds. The molecule has 2 heteroatoms. The molecule has 0 heterocycles. The fraction of sp³-hybridized carbons (Fsp3) is 0.375. The summed E-state index contributed by atoms with van der Waals surface area (Å²) < 4.78 is 0. The number of phenolic OH excluding ortho intramolecular Hbond substituents is 1. The van der Waals surface area contributed by atoms with E-state index in [0.29, 0.717) is 0 Å². The van der Waals surface area contributed by atoms with Crippen LogP contribution in [0.5, 0.6) is 5.75 Å². The van der Waals surface area contributed by atoms with Gasteiger partial charge in [-0.25, -0.2) is 0 Å². The molecule has 0 spiro atoms. The summed E-state index contributed by atoms with van der Waals surface area (Å²) in [5, 5.41) is 20.0. The second-order valence-electron chi connectivity index (χ2n) is 5.91. The van der Waals surface area contributed by atoms with E-state index in [1.54, 1.807) is 12.1 Å². The third kappa shape index (κ3) is 1.92. The molecule has 1 aliphatic carbocycles. The summed E-state index contributed by atoms with van der Waals surface area (Å²) in [6, 6.07) is 7.37. The Kier molecular flexibility index (Phi) is 2.97. The van der Waals surface area contributed by atoms with Crippen LogP contribution < -0.4 is 0 Å². The molecule has 0 bridgehead atoms. The van der Waals surface area contributed by atoms with E-state index in [0.717, 1.165) is 12.0 Å². The van der Waals surface area contributed by atoms with E-state index in [1.807, 2.05) is 30.4 Å². The van der Waals surface area contributed by atoms with Gasteiger partial charge in [0.05, 0.1) is 0 Å². The van der Waals surface area contributed by atoms with Gasteiger partial charge >= 0.3 is 0 Å². The number of aliphatic hydroxyl groups excluding tert-OH is 1. The summed E-state index contributed by atoms with van der Waals surface area (Å²) in [5.74, 6) is 0.547. The Bertz CT molecular complexity index is 506. The number of hydrogen-bond donors (Lipinski definition) is 2. The highest BCUT2D eigenvalue weighted by atomic mass is 16.3. The summed E-state index contributed by atoms with van der Waals surface area (Å²) in [4.78, 5) is 0. The number of hydrogen-bond acceptors (Lipinski definition) is 2. The lowest BCUT2D eigenvalue weighted by Crippen LogP contribution is -2.39. The summed E-state index contributed by atoms with van der Waals surface area (Å²) in [7, 11) is 0. The van der Waals surface area contributed by atoms with Gasteiger partial charge in [0.1, 0.15) is 11.5 Å². The molecule has 0 aliphatic heterocycles. The van der Waals surface area contributed by atoms with Crippen LogP contribution >= 0.6 is 0 Å². The van der Waals surface area contributed by atoms with Crippen LogP contribution in [0, 0.1) is 5.41 Å². The zero-order chi connectivity index (χ0) is 13.4. The number of phenols is 1. The van der Waals surface area contributed by atoms with Crippen LogP contribution in [0.15, 0.2) is 48.3 Å². The zero-order valence-electron chi connectivity index (χ0n) is 11.1. The van der Waals surface area contributed by atoms with Crippen molar-refractivity contribution in [1.29, 1.82) is 0 Å². The highest BCUT2D eigenvalue weighted by molar-refractivity contribution is 5.46. The molecular weight excluding hydrogens is 224 g/mol. The molecule has 0 radical (unpaired) electrons. The van der Waals surface area contributed by atoms with E-state index in [1.165, 1.54) is 0 Å². The van der Waals surface area contributed by atoms with Gasteiger partial charge in [-0.15, -0.1) is 0 Å². The molecule has 96 valence electrons. The minimum absolute atomic E-state index is 0.107. The van der Waals surface area contributed by atoms with Crippen molar-refractivity contribution in [3.05, 3.63) is 53.8 Å². The van der Waals surface area contributed by atoms with E-state index in [9.17, 15) is 10.2 Å². The Balaban J connectivity index is 2.66. The molecular formula is C16H20O2. The van der Waals surface area contributed by atoms with Gasteiger partial charge in [0.15, 0.2) is 0 Å². The van der Waals surface area contributed by atoms with E-state index in [-0.39, 0.29) is 22.3 Å². The monoisotopic (exact) mass is 244 g/mol. The number of allylic oxidation sites excluding steroid dienone is 3. The van der Waals surface area contributed by atoms with Crippen LogP contribution in [-0.2, 0) is 5.41 Å². The lowest BCUT2D eigenvalue weighted by molar-refractivity contribution is 0.222. The Morgan fingerprint density at radius 2 is 1.78 bits per heavy atom. The molecule has 0 saturated carbocycles. The Morgan fingerprint density at radius 1 is 1.11 bits per heavy atom. The number of aromatic hydroxyl groups is 1.